The number of halogens is 2. The second kappa shape index (κ2) is 5.69. The third-order valence-corrected chi connectivity index (χ3v) is 3.33. The van der Waals surface area contributed by atoms with Crippen LogP contribution >= 0.6 is 15.9 Å². The fourth-order valence-electron chi connectivity index (χ4n) is 1.74. The molecule has 0 unspecified atom stereocenters. The second-order valence-electron chi connectivity index (χ2n) is 4.57. The van der Waals surface area contributed by atoms with Crippen LogP contribution in [0.2, 0.25) is 0 Å². The zero-order valence-electron chi connectivity index (χ0n) is 10.9. The number of aliphatic carboxylic acids is 1. The predicted molar refractivity (Wildman–Crippen MR) is 72.5 cm³/mol. The average Bonchev–Trinajstić information content (AvgIpc) is 2.27. The number of nitrogens with zero attached hydrogens (tertiary/aromatic N) is 1. The fourth-order valence-corrected chi connectivity index (χ4v) is 2.21. The first-order valence-electron chi connectivity index (χ1n) is 5.71. The van der Waals surface area contributed by atoms with E-state index in [1.807, 2.05) is 0 Å². The number of carboxylic acid groups (broad SMARTS) is 1. The highest BCUT2D eigenvalue weighted by molar-refractivity contribution is 9.10. The number of likely N-dealkylation sites (N-methyl/N-ethyl adjacent to an activating group) is 1. The predicted octanol–water partition coefficient (Wildman–Crippen LogP) is 2.91. The van der Waals surface area contributed by atoms with Gasteiger partial charge in [0, 0.05) is 16.6 Å². The highest BCUT2D eigenvalue weighted by atomic mass is 79.9. The molecule has 0 aliphatic carbocycles. The molecule has 1 aromatic rings. The van der Waals surface area contributed by atoms with Gasteiger partial charge in [-0.05, 0) is 39.0 Å². The molecule has 0 aromatic heterocycles. The smallest absolute Gasteiger partial charge is 0.329 e. The molecule has 0 saturated heterocycles. The minimum absolute atomic E-state index is 0.114. The van der Waals surface area contributed by atoms with E-state index in [1.165, 1.54) is 30.9 Å². The Bertz CT molecular complexity index is 496. The van der Waals surface area contributed by atoms with Gasteiger partial charge in [0.2, 0.25) is 0 Å². The molecular formula is C13H15BrFNO3. The molecule has 1 amide bonds. The van der Waals surface area contributed by atoms with Gasteiger partial charge in [-0.1, -0.05) is 15.9 Å². The van der Waals surface area contributed by atoms with E-state index in [0.29, 0.717) is 4.47 Å². The molecule has 0 atom stereocenters. The van der Waals surface area contributed by atoms with Crippen molar-refractivity contribution in [2.75, 3.05) is 6.54 Å². The number of hydrogen-bond donors (Lipinski definition) is 1. The maximum absolute atomic E-state index is 13.3. The second-order valence-corrected chi connectivity index (χ2v) is 5.49. The molecule has 0 radical (unpaired) electrons. The molecule has 0 fully saturated rings. The molecule has 0 saturated carbocycles. The number of benzene rings is 1. The Morgan fingerprint density at radius 3 is 2.37 bits per heavy atom. The van der Waals surface area contributed by atoms with Gasteiger partial charge in [-0.25, -0.2) is 9.18 Å². The molecule has 4 nitrogen and oxygen atoms in total. The normalized spacial score (nSPS) is 11.2. The largest absolute Gasteiger partial charge is 0.480 e. The molecule has 1 N–H and O–H groups in total. The molecule has 0 aliphatic rings. The number of hydrogen-bond acceptors (Lipinski definition) is 2. The van der Waals surface area contributed by atoms with Crippen LogP contribution in [0, 0.1) is 5.82 Å². The fraction of sp³-hybridized carbons (Fsp3) is 0.385. The Balaban J connectivity index is 3.19. The topological polar surface area (TPSA) is 57.6 Å². The Morgan fingerprint density at radius 1 is 1.37 bits per heavy atom. The highest BCUT2D eigenvalue weighted by Gasteiger charge is 2.37. The monoisotopic (exact) mass is 331 g/mol. The standard InChI is InChI=1S/C13H15BrFNO3/c1-4-16(13(2,3)12(18)19)11(17)8-5-9(14)7-10(15)6-8/h5-7H,4H2,1-3H3,(H,18,19). The van der Waals surface area contributed by atoms with Gasteiger partial charge < -0.3 is 10.0 Å². The highest BCUT2D eigenvalue weighted by Crippen LogP contribution is 2.21. The first kappa shape index (κ1) is 15.6. The van der Waals surface area contributed by atoms with Crippen molar-refractivity contribution in [1.29, 1.82) is 0 Å². The first-order valence-corrected chi connectivity index (χ1v) is 6.51. The number of carbonyl (C=O) groups is 2. The Kier molecular flexibility index (Phi) is 4.68. The van der Waals surface area contributed by atoms with Gasteiger partial charge in [0.1, 0.15) is 11.4 Å². The third-order valence-electron chi connectivity index (χ3n) is 2.87. The average molecular weight is 332 g/mol. The molecule has 0 heterocycles. The van der Waals surface area contributed by atoms with Gasteiger partial charge in [0.15, 0.2) is 0 Å². The quantitative estimate of drug-likeness (QED) is 0.922. The van der Waals surface area contributed by atoms with E-state index >= 15 is 0 Å². The van der Waals surface area contributed by atoms with Crippen LogP contribution in [0.25, 0.3) is 0 Å². The summed E-state index contributed by atoms with van der Waals surface area (Å²) in [6.45, 7) is 4.76. The van der Waals surface area contributed by atoms with Crippen LogP contribution in [0.4, 0.5) is 4.39 Å². The lowest BCUT2D eigenvalue weighted by Gasteiger charge is -2.34. The van der Waals surface area contributed by atoms with Gasteiger partial charge in [-0.3, -0.25) is 4.79 Å². The Hall–Kier alpha value is -1.43. The molecule has 6 heteroatoms. The van der Waals surface area contributed by atoms with E-state index in [0.717, 1.165) is 6.07 Å². The first-order chi connectivity index (χ1) is 8.70. The zero-order valence-corrected chi connectivity index (χ0v) is 12.5. The minimum atomic E-state index is -1.36. The van der Waals surface area contributed by atoms with Crippen molar-refractivity contribution < 1.29 is 19.1 Å². The molecule has 19 heavy (non-hydrogen) atoms. The summed E-state index contributed by atoms with van der Waals surface area (Å²) in [4.78, 5) is 24.7. The van der Waals surface area contributed by atoms with Crippen LogP contribution in [0.3, 0.4) is 0 Å². The summed E-state index contributed by atoms with van der Waals surface area (Å²) in [5.41, 5.74) is -1.24. The van der Waals surface area contributed by atoms with Crippen LogP contribution in [-0.2, 0) is 4.79 Å². The maximum Gasteiger partial charge on any atom is 0.329 e. The summed E-state index contributed by atoms with van der Waals surface area (Å²) >= 11 is 3.10. The van der Waals surface area contributed by atoms with Crippen molar-refractivity contribution in [3.05, 3.63) is 34.1 Å². The van der Waals surface area contributed by atoms with Crippen molar-refractivity contribution in [2.45, 2.75) is 26.3 Å². The van der Waals surface area contributed by atoms with Crippen molar-refractivity contribution in [2.24, 2.45) is 0 Å². The van der Waals surface area contributed by atoms with Crippen LogP contribution in [0.1, 0.15) is 31.1 Å². The van der Waals surface area contributed by atoms with E-state index < -0.39 is 23.2 Å². The summed E-state index contributed by atoms with van der Waals surface area (Å²) in [5, 5.41) is 9.17. The van der Waals surface area contributed by atoms with Crippen molar-refractivity contribution in [3.8, 4) is 0 Å². The van der Waals surface area contributed by atoms with Crippen molar-refractivity contribution in [3.63, 3.8) is 0 Å². The molecule has 0 bridgehead atoms. The van der Waals surface area contributed by atoms with Crippen molar-refractivity contribution in [1.82, 2.24) is 4.90 Å². The van der Waals surface area contributed by atoms with Gasteiger partial charge in [0.05, 0.1) is 0 Å². The zero-order chi connectivity index (χ0) is 14.8. The lowest BCUT2D eigenvalue weighted by Crippen LogP contribution is -2.52. The van der Waals surface area contributed by atoms with E-state index in [9.17, 15) is 19.1 Å². The summed E-state index contributed by atoms with van der Waals surface area (Å²) in [7, 11) is 0. The van der Waals surface area contributed by atoms with Gasteiger partial charge in [-0.15, -0.1) is 0 Å². The van der Waals surface area contributed by atoms with Crippen LogP contribution in [-0.4, -0.2) is 34.0 Å². The molecule has 1 rings (SSSR count). The van der Waals surface area contributed by atoms with E-state index in [-0.39, 0.29) is 12.1 Å². The van der Waals surface area contributed by atoms with Gasteiger partial charge in [0.25, 0.3) is 5.91 Å². The SMILES string of the molecule is CCN(C(=O)c1cc(F)cc(Br)c1)C(C)(C)C(=O)O. The Labute approximate surface area is 119 Å². The third kappa shape index (κ3) is 3.32. The molecular weight excluding hydrogens is 317 g/mol. The Morgan fingerprint density at radius 2 is 1.95 bits per heavy atom. The van der Waals surface area contributed by atoms with E-state index in [2.05, 4.69) is 15.9 Å². The van der Waals surface area contributed by atoms with Crippen LogP contribution in [0.15, 0.2) is 22.7 Å². The molecule has 0 aliphatic heterocycles. The van der Waals surface area contributed by atoms with Crippen LogP contribution < -0.4 is 0 Å². The van der Waals surface area contributed by atoms with E-state index in [4.69, 9.17) is 0 Å². The number of carbonyl (C=O) groups excluding carboxylic acids is 1. The number of rotatable bonds is 4. The summed E-state index contributed by atoms with van der Waals surface area (Å²) < 4.78 is 13.7. The van der Waals surface area contributed by atoms with Crippen LogP contribution in [0.5, 0.6) is 0 Å². The molecule has 1 aromatic carbocycles. The maximum atomic E-state index is 13.3. The summed E-state index contributed by atoms with van der Waals surface area (Å²) in [5.74, 6) is -2.19. The van der Waals surface area contributed by atoms with Gasteiger partial charge in [-0.2, -0.15) is 0 Å². The number of carboxylic acids is 1. The molecule has 104 valence electrons. The lowest BCUT2D eigenvalue weighted by molar-refractivity contribution is -0.147. The van der Waals surface area contributed by atoms with E-state index in [1.54, 1.807) is 6.92 Å². The summed E-state index contributed by atoms with van der Waals surface area (Å²) in [6.07, 6.45) is 0. The molecule has 0 spiro atoms. The summed E-state index contributed by atoms with van der Waals surface area (Å²) in [6, 6.07) is 3.79. The van der Waals surface area contributed by atoms with Crippen molar-refractivity contribution >= 4 is 27.8 Å². The minimum Gasteiger partial charge on any atom is -0.480 e. The number of amides is 1. The van der Waals surface area contributed by atoms with Gasteiger partial charge >= 0.3 is 5.97 Å². The lowest BCUT2D eigenvalue weighted by atomic mass is 10.0.